The average molecular weight is 291 g/mol. The maximum atomic E-state index is 8.83. The highest BCUT2D eigenvalue weighted by Gasteiger charge is 2.21. The van der Waals surface area contributed by atoms with Crippen LogP contribution in [0, 0.1) is 6.92 Å². The number of hydrogen-bond donors (Lipinski definition) is 2. The molecule has 1 unspecified atom stereocenters. The molecule has 0 saturated carbocycles. The standard InChI is InChI=1S/C15H25N5O/c1-4-12(3)19-5-7-20(8-6-19)14-10-13(15(16)18-21)9-11(2)17-14/h9-10,12,21H,4-8H2,1-3H3,(H2,16,18). The van der Waals surface area contributed by atoms with Crippen molar-refractivity contribution >= 4 is 11.7 Å². The predicted octanol–water partition coefficient (Wildman–Crippen LogP) is 1.41. The van der Waals surface area contributed by atoms with Crippen molar-refractivity contribution < 1.29 is 5.21 Å². The van der Waals surface area contributed by atoms with Gasteiger partial charge in [0.15, 0.2) is 5.84 Å². The van der Waals surface area contributed by atoms with Crippen LogP contribution in [0.5, 0.6) is 0 Å². The molecule has 6 nitrogen and oxygen atoms in total. The third-order valence-corrected chi connectivity index (χ3v) is 4.20. The van der Waals surface area contributed by atoms with Gasteiger partial charge in [0.2, 0.25) is 0 Å². The second kappa shape index (κ2) is 6.76. The van der Waals surface area contributed by atoms with E-state index >= 15 is 0 Å². The lowest BCUT2D eigenvalue weighted by Crippen LogP contribution is -2.49. The van der Waals surface area contributed by atoms with Crippen molar-refractivity contribution in [2.75, 3.05) is 31.1 Å². The lowest BCUT2D eigenvalue weighted by molar-refractivity contribution is 0.192. The van der Waals surface area contributed by atoms with Gasteiger partial charge < -0.3 is 15.8 Å². The Balaban J connectivity index is 2.11. The number of pyridine rings is 1. The van der Waals surface area contributed by atoms with Crippen molar-refractivity contribution in [3.63, 3.8) is 0 Å². The van der Waals surface area contributed by atoms with E-state index < -0.39 is 0 Å². The molecule has 1 aliphatic rings. The molecule has 0 radical (unpaired) electrons. The quantitative estimate of drug-likeness (QED) is 0.379. The van der Waals surface area contributed by atoms with Gasteiger partial charge in [0.25, 0.3) is 0 Å². The van der Waals surface area contributed by atoms with Crippen LogP contribution in [0.25, 0.3) is 0 Å². The number of anilines is 1. The van der Waals surface area contributed by atoms with Crippen LogP contribution in [0.2, 0.25) is 0 Å². The van der Waals surface area contributed by atoms with Crippen molar-refractivity contribution in [3.05, 3.63) is 23.4 Å². The molecule has 116 valence electrons. The lowest BCUT2D eigenvalue weighted by atomic mass is 10.1. The third kappa shape index (κ3) is 3.64. The maximum absolute atomic E-state index is 8.83. The molecule has 1 aliphatic heterocycles. The third-order valence-electron chi connectivity index (χ3n) is 4.20. The van der Waals surface area contributed by atoms with E-state index in [2.05, 4.69) is 33.8 Å². The molecule has 1 saturated heterocycles. The van der Waals surface area contributed by atoms with E-state index in [1.165, 1.54) is 6.42 Å². The minimum Gasteiger partial charge on any atom is -0.409 e. The Morgan fingerprint density at radius 2 is 2.05 bits per heavy atom. The molecule has 0 aromatic carbocycles. The number of aromatic nitrogens is 1. The normalized spacial score (nSPS) is 18.8. The summed E-state index contributed by atoms with van der Waals surface area (Å²) in [5.74, 6) is 1.03. The predicted molar refractivity (Wildman–Crippen MR) is 85.0 cm³/mol. The smallest absolute Gasteiger partial charge is 0.170 e. The van der Waals surface area contributed by atoms with Crippen LogP contribution in [0.1, 0.15) is 31.5 Å². The zero-order valence-corrected chi connectivity index (χ0v) is 13.1. The Bertz CT molecular complexity index is 509. The SMILES string of the molecule is CCC(C)N1CCN(c2cc(/C(N)=N/O)cc(C)n2)CC1. The van der Waals surface area contributed by atoms with E-state index in [4.69, 9.17) is 10.9 Å². The highest BCUT2D eigenvalue weighted by Crippen LogP contribution is 2.18. The van der Waals surface area contributed by atoms with Gasteiger partial charge in [0.1, 0.15) is 5.82 Å². The minimum absolute atomic E-state index is 0.125. The molecule has 0 bridgehead atoms. The summed E-state index contributed by atoms with van der Waals surface area (Å²) in [6, 6.07) is 4.35. The fraction of sp³-hybridized carbons (Fsp3) is 0.600. The lowest BCUT2D eigenvalue weighted by Gasteiger charge is -2.38. The Labute approximate surface area is 126 Å². The van der Waals surface area contributed by atoms with Crippen molar-refractivity contribution in [2.45, 2.75) is 33.2 Å². The molecule has 1 atom stereocenters. The number of amidine groups is 1. The summed E-state index contributed by atoms with van der Waals surface area (Å²) in [6.07, 6.45) is 1.18. The van der Waals surface area contributed by atoms with E-state index in [0.717, 1.165) is 37.7 Å². The molecule has 0 aliphatic carbocycles. The molecule has 2 rings (SSSR count). The Morgan fingerprint density at radius 3 is 2.62 bits per heavy atom. The number of aryl methyl sites for hydroxylation is 1. The molecule has 1 aromatic rings. The zero-order chi connectivity index (χ0) is 15.4. The van der Waals surface area contributed by atoms with Crippen molar-refractivity contribution in [1.82, 2.24) is 9.88 Å². The molecule has 1 aromatic heterocycles. The van der Waals surface area contributed by atoms with Crippen LogP contribution in [0.4, 0.5) is 5.82 Å². The fourth-order valence-corrected chi connectivity index (χ4v) is 2.67. The van der Waals surface area contributed by atoms with E-state index in [9.17, 15) is 0 Å². The van der Waals surface area contributed by atoms with Crippen LogP contribution < -0.4 is 10.6 Å². The van der Waals surface area contributed by atoms with Crippen LogP contribution in [0.3, 0.4) is 0 Å². The first-order valence-electron chi connectivity index (χ1n) is 7.50. The van der Waals surface area contributed by atoms with Gasteiger partial charge in [-0.2, -0.15) is 0 Å². The summed E-state index contributed by atoms with van der Waals surface area (Å²) in [5, 5.41) is 11.9. The largest absolute Gasteiger partial charge is 0.409 e. The summed E-state index contributed by atoms with van der Waals surface area (Å²) in [4.78, 5) is 9.35. The van der Waals surface area contributed by atoms with Crippen molar-refractivity contribution in [1.29, 1.82) is 0 Å². The summed E-state index contributed by atoms with van der Waals surface area (Å²) < 4.78 is 0. The number of oxime groups is 1. The van der Waals surface area contributed by atoms with Gasteiger partial charge in [-0.25, -0.2) is 4.98 Å². The molecular weight excluding hydrogens is 266 g/mol. The van der Waals surface area contributed by atoms with Gasteiger partial charge in [-0.05, 0) is 32.4 Å². The van der Waals surface area contributed by atoms with Gasteiger partial charge in [-0.1, -0.05) is 12.1 Å². The molecule has 6 heteroatoms. The highest BCUT2D eigenvalue weighted by atomic mass is 16.4. The van der Waals surface area contributed by atoms with Crippen molar-refractivity contribution in [3.8, 4) is 0 Å². The number of hydrogen-bond acceptors (Lipinski definition) is 5. The Hall–Kier alpha value is -1.82. The van der Waals surface area contributed by atoms with E-state index in [0.29, 0.717) is 11.6 Å². The van der Waals surface area contributed by atoms with Crippen LogP contribution >= 0.6 is 0 Å². The molecule has 21 heavy (non-hydrogen) atoms. The second-order valence-corrected chi connectivity index (χ2v) is 5.62. The number of nitrogens with two attached hydrogens (primary N) is 1. The summed E-state index contributed by atoms with van der Waals surface area (Å²) >= 11 is 0. The minimum atomic E-state index is 0.125. The van der Waals surface area contributed by atoms with E-state index in [-0.39, 0.29) is 5.84 Å². The Morgan fingerprint density at radius 1 is 1.38 bits per heavy atom. The number of nitrogens with zero attached hydrogens (tertiary/aromatic N) is 4. The molecule has 3 N–H and O–H groups in total. The van der Waals surface area contributed by atoms with Gasteiger partial charge >= 0.3 is 0 Å². The van der Waals surface area contributed by atoms with Gasteiger partial charge in [-0.3, -0.25) is 4.90 Å². The van der Waals surface area contributed by atoms with Crippen molar-refractivity contribution in [2.24, 2.45) is 10.9 Å². The maximum Gasteiger partial charge on any atom is 0.170 e. The summed E-state index contributed by atoms with van der Waals surface area (Å²) in [7, 11) is 0. The van der Waals surface area contributed by atoms with E-state index in [1.807, 2.05) is 19.1 Å². The molecule has 0 amide bonds. The molecular formula is C15H25N5O. The van der Waals surface area contributed by atoms with Gasteiger partial charge in [-0.15, -0.1) is 0 Å². The fourth-order valence-electron chi connectivity index (χ4n) is 2.67. The monoisotopic (exact) mass is 291 g/mol. The number of piperazine rings is 1. The summed E-state index contributed by atoms with van der Waals surface area (Å²) in [5.41, 5.74) is 7.27. The number of rotatable bonds is 4. The summed E-state index contributed by atoms with van der Waals surface area (Å²) in [6.45, 7) is 10.4. The zero-order valence-electron chi connectivity index (χ0n) is 13.1. The van der Waals surface area contributed by atoms with Crippen LogP contribution in [-0.4, -0.2) is 53.1 Å². The van der Waals surface area contributed by atoms with Crippen LogP contribution in [-0.2, 0) is 0 Å². The second-order valence-electron chi connectivity index (χ2n) is 5.62. The highest BCUT2D eigenvalue weighted by molar-refractivity contribution is 5.97. The average Bonchev–Trinajstić information content (AvgIpc) is 2.52. The molecule has 1 fully saturated rings. The van der Waals surface area contributed by atoms with Crippen LogP contribution in [0.15, 0.2) is 17.3 Å². The first-order valence-corrected chi connectivity index (χ1v) is 7.50. The molecule has 2 heterocycles. The van der Waals surface area contributed by atoms with E-state index in [1.54, 1.807) is 0 Å². The van der Waals surface area contributed by atoms with Gasteiger partial charge in [0.05, 0.1) is 0 Å². The topological polar surface area (TPSA) is 78.0 Å². The first kappa shape index (κ1) is 15.6. The first-order chi connectivity index (χ1) is 10.0. The Kier molecular flexibility index (Phi) is 5.01. The van der Waals surface area contributed by atoms with Gasteiger partial charge in [0, 0.05) is 43.5 Å². The molecule has 0 spiro atoms.